The molecule has 0 spiro atoms. The molecule has 0 radical (unpaired) electrons. The maximum Gasteiger partial charge on any atom is 0.287 e. The largest absolute Gasteiger partial charge is 0.287 e. The Morgan fingerprint density at radius 2 is 0.900 bits per heavy atom. The van der Waals surface area contributed by atoms with Crippen LogP contribution in [0.15, 0.2) is 95.7 Å². The lowest BCUT2D eigenvalue weighted by atomic mass is 10.1. The second kappa shape index (κ2) is 7.23. The smallest absolute Gasteiger partial charge is 0.207 e. The number of hydrogen-bond acceptors (Lipinski definition) is 4. The summed E-state index contributed by atoms with van der Waals surface area (Å²) in [6.07, 6.45) is 2.71. The minimum absolute atomic E-state index is 0.234. The van der Waals surface area contributed by atoms with E-state index in [0.29, 0.717) is 21.5 Å². The average Bonchev–Trinajstić information content (AvgIpc) is 2.76. The van der Waals surface area contributed by atoms with Crippen molar-refractivity contribution in [2.24, 2.45) is 0 Å². The number of rotatable bonds is 5. The molecule has 0 bridgehead atoms. The van der Waals surface area contributed by atoms with Gasteiger partial charge < -0.3 is 0 Å². The zero-order chi connectivity index (χ0) is 21.5. The van der Waals surface area contributed by atoms with Crippen LogP contribution in [0.2, 0.25) is 0 Å². The molecule has 0 aliphatic heterocycles. The summed E-state index contributed by atoms with van der Waals surface area (Å²) in [6, 6.07) is 20.2. The molecule has 4 nitrogen and oxygen atoms in total. The van der Waals surface area contributed by atoms with E-state index in [1.54, 1.807) is 72.8 Å². The Labute approximate surface area is 175 Å². The van der Waals surface area contributed by atoms with Crippen LogP contribution < -0.4 is 0 Å². The van der Waals surface area contributed by atoms with Crippen LogP contribution in [0, 0.1) is 0 Å². The third kappa shape index (κ3) is 2.88. The van der Waals surface area contributed by atoms with Gasteiger partial charge in [-0.2, -0.15) is 0 Å². The van der Waals surface area contributed by atoms with Gasteiger partial charge in [0.05, 0.1) is 9.79 Å². The highest BCUT2D eigenvalue weighted by Gasteiger charge is 2.38. The fourth-order valence-electron chi connectivity index (χ4n) is 3.62. The first-order valence-electron chi connectivity index (χ1n) is 9.11. The lowest BCUT2D eigenvalue weighted by molar-refractivity contribution is 0.583. The van der Waals surface area contributed by atoms with Crippen molar-refractivity contribution in [3.8, 4) is 0 Å². The van der Waals surface area contributed by atoms with Crippen LogP contribution in [0.5, 0.6) is 0 Å². The Bertz CT molecular complexity index is 1430. The summed E-state index contributed by atoms with van der Waals surface area (Å²) in [5, 5.41) is 1.91. The van der Waals surface area contributed by atoms with E-state index in [-0.39, 0.29) is 20.9 Å². The summed E-state index contributed by atoms with van der Waals surface area (Å²) in [4.78, 5) is -0.530. The van der Waals surface area contributed by atoms with Gasteiger partial charge in [0.2, 0.25) is 0 Å². The predicted octanol–water partition coefficient (Wildman–Crippen LogP) is 5.44. The van der Waals surface area contributed by atoms with Crippen molar-refractivity contribution < 1.29 is 16.8 Å². The highest BCUT2D eigenvalue weighted by atomic mass is 33.2. The van der Waals surface area contributed by atoms with E-state index in [2.05, 4.69) is 13.2 Å². The van der Waals surface area contributed by atoms with Crippen molar-refractivity contribution in [3.05, 3.63) is 97.1 Å². The summed E-state index contributed by atoms with van der Waals surface area (Å²) < 4.78 is 54.8. The second-order valence-corrected chi connectivity index (χ2v) is 12.0. The third-order valence-electron chi connectivity index (χ3n) is 5.05. The molecule has 4 aromatic carbocycles. The normalized spacial score (nSPS) is 12.1. The van der Waals surface area contributed by atoms with Crippen LogP contribution >= 0.6 is 0 Å². The zero-order valence-corrected chi connectivity index (χ0v) is 17.6. The maximum absolute atomic E-state index is 13.7. The minimum Gasteiger partial charge on any atom is -0.207 e. The van der Waals surface area contributed by atoms with Gasteiger partial charge >= 0.3 is 0 Å². The Morgan fingerprint density at radius 3 is 1.27 bits per heavy atom. The van der Waals surface area contributed by atoms with Crippen LogP contribution in [0.4, 0.5) is 0 Å². The molecule has 0 saturated carbocycles. The fraction of sp³-hybridized carbons (Fsp3) is 0. The van der Waals surface area contributed by atoms with E-state index in [1.165, 1.54) is 12.2 Å². The molecule has 0 unspecified atom stereocenters. The molecule has 0 heterocycles. The average molecular weight is 435 g/mol. The van der Waals surface area contributed by atoms with Crippen LogP contribution in [0.3, 0.4) is 0 Å². The van der Waals surface area contributed by atoms with E-state index in [9.17, 15) is 16.8 Å². The molecule has 0 fully saturated rings. The van der Waals surface area contributed by atoms with Crippen molar-refractivity contribution in [2.75, 3.05) is 0 Å². The van der Waals surface area contributed by atoms with Crippen molar-refractivity contribution >= 4 is 51.4 Å². The molecule has 150 valence electrons. The van der Waals surface area contributed by atoms with E-state index in [1.807, 2.05) is 0 Å². The van der Waals surface area contributed by atoms with Gasteiger partial charge in [-0.3, -0.25) is 0 Å². The van der Waals surface area contributed by atoms with Crippen LogP contribution in [-0.2, 0) is 17.7 Å². The Morgan fingerprint density at radius 1 is 0.533 bits per heavy atom. The standard InChI is InChI=1S/C24H18O4S2/c1-3-17-13-15-19-9-5-7-11-21(19)23(17)29(25,26)30(27,28)24-18(4-2)14-16-20-10-6-8-12-22(20)24/h3-16H,1-2H2. The highest BCUT2D eigenvalue weighted by molar-refractivity contribution is 8.67. The molecule has 0 amide bonds. The van der Waals surface area contributed by atoms with Crippen LogP contribution in [-0.4, -0.2) is 16.8 Å². The lowest BCUT2D eigenvalue weighted by Gasteiger charge is -2.15. The quantitative estimate of drug-likeness (QED) is 0.392. The molecule has 4 rings (SSSR count). The molecule has 4 aromatic rings. The van der Waals surface area contributed by atoms with Gasteiger partial charge in [-0.25, -0.2) is 16.8 Å². The zero-order valence-electron chi connectivity index (χ0n) is 15.9. The van der Waals surface area contributed by atoms with E-state index in [0.717, 1.165) is 0 Å². The summed E-state index contributed by atoms with van der Waals surface area (Å²) in [5.41, 5.74) is 0.468. The minimum atomic E-state index is -4.83. The first-order chi connectivity index (χ1) is 14.3. The SMILES string of the molecule is C=Cc1ccc2ccccc2c1S(=O)(=O)S(=O)(=O)c1c(C=C)ccc2ccccc12. The molecule has 0 atom stereocenters. The van der Waals surface area contributed by atoms with Gasteiger partial charge in [0, 0.05) is 10.8 Å². The molecule has 6 heteroatoms. The molecular weight excluding hydrogens is 416 g/mol. The molecule has 0 saturated heterocycles. The topological polar surface area (TPSA) is 68.3 Å². The summed E-state index contributed by atoms with van der Waals surface area (Å²) in [6.45, 7) is 7.35. The molecular formula is C24H18O4S2. The predicted molar refractivity (Wildman–Crippen MR) is 122 cm³/mol. The summed E-state index contributed by atoms with van der Waals surface area (Å²) in [5.74, 6) is 0. The maximum atomic E-state index is 13.7. The van der Waals surface area contributed by atoms with Gasteiger partial charge in [0.25, 0.3) is 17.7 Å². The van der Waals surface area contributed by atoms with Gasteiger partial charge in [0.15, 0.2) is 0 Å². The van der Waals surface area contributed by atoms with Gasteiger partial charge in [-0.05, 0) is 21.9 Å². The number of fused-ring (bicyclic) bond motifs is 2. The van der Waals surface area contributed by atoms with Crippen LogP contribution in [0.1, 0.15) is 11.1 Å². The first kappa shape index (κ1) is 20.1. The van der Waals surface area contributed by atoms with E-state index in [4.69, 9.17) is 0 Å². The van der Waals surface area contributed by atoms with Crippen LogP contribution in [0.25, 0.3) is 33.7 Å². The Balaban J connectivity index is 2.14. The molecule has 0 aliphatic rings. The fourth-order valence-corrected chi connectivity index (χ4v) is 8.28. The molecule has 30 heavy (non-hydrogen) atoms. The highest BCUT2D eigenvalue weighted by Crippen LogP contribution is 2.37. The van der Waals surface area contributed by atoms with Gasteiger partial charge in [-0.1, -0.05) is 98.1 Å². The van der Waals surface area contributed by atoms with Gasteiger partial charge in [-0.15, -0.1) is 0 Å². The van der Waals surface area contributed by atoms with Crippen molar-refractivity contribution in [1.82, 2.24) is 0 Å². The summed E-state index contributed by atoms with van der Waals surface area (Å²) in [7, 11) is -9.66. The second-order valence-electron chi connectivity index (χ2n) is 6.73. The monoisotopic (exact) mass is 434 g/mol. The van der Waals surface area contributed by atoms with E-state index >= 15 is 0 Å². The molecule has 0 N–H and O–H groups in total. The number of benzene rings is 4. The van der Waals surface area contributed by atoms with Gasteiger partial charge in [0.1, 0.15) is 0 Å². The summed E-state index contributed by atoms with van der Waals surface area (Å²) >= 11 is 0. The third-order valence-corrected chi connectivity index (χ3v) is 10.3. The first-order valence-corrected chi connectivity index (χ1v) is 12.6. The van der Waals surface area contributed by atoms with Crippen molar-refractivity contribution in [3.63, 3.8) is 0 Å². The lowest BCUT2D eigenvalue weighted by Crippen LogP contribution is -2.19. The number of hydrogen-bond donors (Lipinski definition) is 0. The Kier molecular flexibility index (Phi) is 4.84. The molecule has 0 aromatic heterocycles. The van der Waals surface area contributed by atoms with Crippen molar-refractivity contribution in [1.29, 1.82) is 0 Å². The Hall–Kier alpha value is -3.22. The van der Waals surface area contributed by atoms with Crippen molar-refractivity contribution in [2.45, 2.75) is 9.79 Å². The molecule has 0 aliphatic carbocycles. The van der Waals surface area contributed by atoms with E-state index < -0.39 is 17.7 Å².